The molecule has 0 heterocycles. The van der Waals surface area contributed by atoms with Crippen LogP contribution in [0.15, 0.2) is 43.0 Å². The zero-order chi connectivity index (χ0) is 8.97. The van der Waals surface area contributed by atoms with E-state index in [1.54, 1.807) is 13.0 Å². The first-order valence-corrected chi connectivity index (χ1v) is 4.11. The molecule has 64 valence electrons. The van der Waals surface area contributed by atoms with E-state index in [0.717, 1.165) is 5.56 Å². The van der Waals surface area contributed by atoms with Crippen LogP contribution in [0.5, 0.6) is 0 Å². The van der Waals surface area contributed by atoms with Gasteiger partial charge < -0.3 is 5.11 Å². The highest BCUT2D eigenvalue weighted by Gasteiger charge is 2.11. The highest BCUT2D eigenvalue weighted by Crippen LogP contribution is 2.19. The summed E-state index contributed by atoms with van der Waals surface area (Å²) in [5.74, 6) is 0.0474. The fourth-order valence-corrected chi connectivity index (χ4v) is 1.29. The number of aliphatic hydroxyl groups excluding tert-OH is 1. The van der Waals surface area contributed by atoms with Gasteiger partial charge in [0, 0.05) is 5.92 Å². The summed E-state index contributed by atoms with van der Waals surface area (Å²) >= 11 is 0. The summed E-state index contributed by atoms with van der Waals surface area (Å²) in [5.41, 5.74) is 1.11. The predicted molar refractivity (Wildman–Crippen MR) is 51.1 cm³/mol. The highest BCUT2D eigenvalue weighted by molar-refractivity contribution is 5.24. The van der Waals surface area contributed by atoms with Gasteiger partial charge in [-0.05, 0) is 12.5 Å². The second-order valence-corrected chi connectivity index (χ2v) is 2.91. The minimum atomic E-state index is -0.370. The first-order chi connectivity index (χ1) is 5.75. The summed E-state index contributed by atoms with van der Waals surface area (Å²) < 4.78 is 0. The molecule has 0 fully saturated rings. The molecule has 1 heteroatoms. The molecule has 0 aliphatic carbocycles. The Morgan fingerprint density at radius 3 is 2.33 bits per heavy atom. The largest absolute Gasteiger partial charge is 0.392 e. The van der Waals surface area contributed by atoms with E-state index in [1.165, 1.54) is 0 Å². The van der Waals surface area contributed by atoms with Crippen LogP contribution in [0.25, 0.3) is 0 Å². The summed E-state index contributed by atoms with van der Waals surface area (Å²) in [6.45, 7) is 5.48. The summed E-state index contributed by atoms with van der Waals surface area (Å²) in [6.07, 6.45) is 1.41. The van der Waals surface area contributed by atoms with Crippen molar-refractivity contribution < 1.29 is 5.11 Å². The molecule has 0 saturated heterocycles. The van der Waals surface area contributed by atoms with E-state index in [0.29, 0.717) is 0 Å². The van der Waals surface area contributed by atoms with Crippen LogP contribution in [0.3, 0.4) is 0 Å². The number of benzene rings is 1. The van der Waals surface area contributed by atoms with Gasteiger partial charge in [-0.15, -0.1) is 6.58 Å². The van der Waals surface area contributed by atoms with Crippen molar-refractivity contribution in [3.8, 4) is 0 Å². The van der Waals surface area contributed by atoms with Crippen LogP contribution in [0.4, 0.5) is 0 Å². The van der Waals surface area contributed by atoms with Gasteiger partial charge in [0.2, 0.25) is 0 Å². The van der Waals surface area contributed by atoms with Crippen LogP contribution in [-0.4, -0.2) is 11.2 Å². The number of rotatable bonds is 3. The fraction of sp³-hybridized carbons (Fsp3) is 0.273. The van der Waals surface area contributed by atoms with Crippen LogP contribution < -0.4 is 0 Å². The maximum absolute atomic E-state index is 9.39. The first kappa shape index (κ1) is 9.01. The van der Waals surface area contributed by atoms with Gasteiger partial charge in [-0.25, -0.2) is 0 Å². The quantitative estimate of drug-likeness (QED) is 0.676. The molecule has 1 aromatic rings. The van der Waals surface area contributed by atoms with Crippen LogP contribution >= 0.6 is 0 Å². The van der Waals surface area contributed by atoms with Crippen molar-refractivity contribution in [1.82, 2.24) is 0 Å². The molecule has 0 aromatic heterocycles. The smallest absolute Gasteiger partial charge is 0.0615 e. The Bertz CT molecular complexity index is 238. The minimum absolute atomic E-state index is 0.0474. The maximum atomic E-state index is 9.39. The molecule has 1 aromatic carbocycles. The van der Waals surface area contributed by atoms with E-state index in [2.05, 4.69) is 6.58 Å². The molecule has 1 rings (SSSR count). The standard InChI is InChI=1S/C11H14O/c1-3-11(9(2)12)10-7-5-4-6-8-10/h3-9,11-12H,1H2,2H3/t9-,11+/m0/s1. The summed E-state index contributed by atoms with van der Waals surface area (Å²) in [7, 11) is 0. The van der Waals surface area contributed by atoms with Crippen molar-refractivity contribution in [1.29, 1.82) is 0 Å². The fourth-order valence-electron chi connectivity index (χ4n) is 1.29. The maximum Gasteiger partial charge on any atom is 0.0615 e. The van der Waals surface area contributed by atoms with Gasteiger partial charge in [-0.3, -0.25) is 0 Å². The van der Waals surface area contributed by atoms with Crippen LogP contribution in [-0.2, 0) is 0 Å². The number of hydrogen-bond donors (Lipinski definition) is 1. The summed E-state index contributed by atoms with van der Waals surface area (Å²) in [6, 6.07) is 9.90. The topological polar surface area (TPSA) is 20.2 Å². The molecule has 1 nitrogen and oxygen atoms in total. The van der Waals surface area contributed by atoms with Gasteiger partial charge in [-0.2, -0.15) is 0 Å². The second-order valence-electron chi connectivity index (χ2n) is 2.91. The van der Waals surface area contributed by atoms with Gasteiger partial charge in [0.25, 0.3) is 0 Å². The third-order valence-electron chi connectivity index (χ3n) is 1.96. The van der Waals surface area contributed by atoms with Gasteiger partial charge in [0.15, 0.2) is 0 Å². The molecule has 0 radical (unpaired) electrons. The molecular formula is C11H14O. The Kier molecular flexibility index (Phi) is 3.06. The monoisotopic (exact) mass is 162 g/mol. The zero-order valence-electron chi connectivity index (χ0n) is 7.27. The molecule has 0 bridgehead atoms. The summed E-state index contributed by atoms with van der Waals surface area (Å²) in [4.78, 5) is 0. The molecular weight excluding hydrogens is 148 g/mol. The Morgan fingerprint density at radius 1 is 1.33 bits per heavy atom. The Hall–Kier alpha value is -1.08. The first-order valence-electron chi connectivity index (χ1n) is 4.11. The average molecular weight is 162 g/mol. The molecule has 0 unspecified atom stereocenters. The van der Waals surface area contributed by atoms with E-state index < -0.39 is 0 Å². The van der Waals surface area contributed by atoms with Crippen LogP contribution in [0.1, 0.15) is 18.4 Å². The van der Waals surface area contributed by atoms with Gasteiger partial charge in [0.1, 0.15) is 0 Å². The van der Waals surface area contributed by atoms with E-state index in [-0.39, 0.29) is 12.0 Å². The van der Waals surface area contributed by atoms with Gasteiger partial charge >= 0.3 is 0 Å². The van der Waals surface area contributed by atoms with E-state index in [1.807, 2.05) is 30.3 Å². The predicted octanol–water partition coefficient (Wildman–Crippen LogP) is 2.34. The second kappa shape index (κ2) is 4.07. The highest BCUT2D eigenvalue weighted by atomic mass is 16.3. The van der Waals surface area contributed by atoms with Crippen molar-refractivity contribution in [2.75, 3.05) is 0 Å². The number of hydrogen-bond acceptors (Lipinski definition) is 1. The lowest BCUT2D eigenvalue weighted by molar-refractivity contribution is 0.179. The van der Waals surface area contributed by atoms with Gasteiger partial charge in [-0.1, -0.05) is 36.4 Å². The van der Waals surface area contributed by atoms with Crippen molar-refractivity contribution >= 4 is 0 Å². The third kappa shape index (κ3) is 1.95. The lowest BCUT2D eigenvalue weighted by atomic mass is 9.95. The molecule has 0 spiro atoms. The molecule has 1 N–H and O–H groups in total. The normalized spacial score (nSPS) is 15.2. The molecule has 0 saturated carbocycles. The average Bonchev–Trinajstić information content (AvgIpc) is 2.07. The SMILES string of the molecule is C=C[C@@H](c1ccccc1)[C@H](C)O. The van der Waals surface area contributed by atoms with Crippen molar-refractivity contribution in [3.63, 3.8) is 0 Å². The van der Waals surface area contributed by atoms with Crippen molar-refractivity contribution in [3.05, 3.63) is 48.6 Å². The van der Waals surface area contributed by atoms with E-state index in [9.17, 15) is 5.11 Å². The molecule has 0 aliphatic heterocycles. The molecule has 0 aliphatic rings. The van der Waals surface area contributed by atoms with Crippen molar-refractivity contribution in [2.24, 2.45) is 0 Å². The van der Waals surface area contributed by atoms with Crippen LogP contribution in [0.2, 0.25) is 0 Å². The Labute approximate surface area is 73.4 Å². The van der Waals surface area contributed by atoms with E-state index >= 15 is 0 Å². The molecule has 12 heavy (non-hydrogen) atoms. The zero-order valence-corrected chi connectivity index (χ0v) is 7.27. The van der Waals surface area contributed by atoms with E-state index in [4.69, 9.17) is 0 Å². The lowest BCUT2D eigenvalue weighted by Crippen LogP contribution is -2.11. The van der Waals surface area contributed by atoms with Crippen LogP contribution in [0, 0.1) is 0 Å². The van der Waals surface area contributed by atoms with Gasteiger partial charge in [0.05, 0.1) is 6.10 Å². The molecule has 0 amide bonds. The lowest BCUT2D eigenvalue weighted by Gasteiger charge is -2.15. The minimum Gasteiger partial charge on any atom is -0.392 e. The third-order valence-corrected chi connectivity index (χ3v) is 1.96. The Morgan fingerprint density at radius 2 is 1.92 bits per heavy atom. The Balaban J connectivity index is 2.88. The molecule has 2 atom stereocenters. The number of aliphatic hydroxyl groups is 1. The summed E-state index contributed by atoms with van der Waals surface area (Å²) in [5, 5.41) is 9.39. The van der Waals surface area contributed by atoms with Crippen molar-refractivity contribution in [2.45, 2.75) is 18.9 Å².